The van der Waals surface area contributed by atoms with E-state index in [0.29, 0.717) is 6.92 Å². The zero-order valence-corrected chi connectivity index (χ0v) is 9.64. The molecule has 0 spiro atoms. The number of esters is 1. The fraction of sp³-hybridized carbons (Fsp3) is 0.364. The Labute approximate surface area is 101 Å². The van der Waals surface area contributed by atoms with E-state index in [-0.39, 0.29) is 5.69 Å². The van der Waals surface area contributed by atoms with Gasteiger partial charge in [-0.1, -0.05) is 6.07 Å². The topological polar surface area (TPSA) is 38.3 Å². The number of carbonyl (C=O) groups is 1. The number of methoxy groups -OCH3 is 1. The zero-order chi connectivity index (χ0) is 14.0. The van der Waals surface area contributed by atoms with E-state index >= 15 is 0 Å². The summed E-state index contributed by atoms with van der Waals surface area (Å²) >= 11 is 0. The van der Waals surface area contributed by atoms with Gasteiger partial charge in [0, 0.05) is 5.69 Å². The van der Waals surface area contributed by atoms with Crippen molar-refractivity contribution in [3.63, 3.8) is 0 Å². The van der Waals surface area contributed by atoms with Crippen LogP contribution in [0.2, 0.25) is 0 Å². The number of hydrogen-bond acceptors (Lipinski definition) is 3. The Kier molecular flexibility index (Phi) is 3.83. The van der Waals surface area contributed by atoms with Crippen LogP contribution in [0, 0.1) is 5.82 Å². The van der Waals surface area contributed by atoms with E-state index in [4.69, 9.17) is 0 Å². The van der Waals surface area contributed by atoms with E-state index in [1.807, 2.05) is 5.32 Å². The predicted octanol–water partition coefficient (Wildman–Crippen LogP) is 2.73. The van der Waals surface area contributed by atoms with E-state index in [9.17, 15) is 22.4 Å². The molecule has 0 aliphatic carbocycles. The molecule has 1 unspecified atom stereocenters. The molecule has 0 bridgehead atoms. The average Bonchev–Trinajstić information content (AvgIpc) is 2.26. The van der Waals surface area contributed by atoms with Crippen molar-refractivity contribution in [3.8, 4) is 0 Å². The number of carbonyl (C=O) groups excluding carboxylic acids is 1. The molecule has 0 amide bonds. The minimum atomic E-state index is -4.88. The molecule has 0 fully saturated rings. The summed E-state index contributed by atoms with van der Waals surface area (Å²) in [7, 11) is 0.847. The number of alkyl halides is 3. The highest BCUT2D eigenvalue weighted by molar-refractivity contribution is 5.85. The van der Waals surface area contributed by atoms with Gasteiger partial charge in [-0.15, -0.1) is 0 Å². The van der Waals surface area contributed by atoms with Crippen molar-refractivity contribution >= 4 is 11.7 Å². The molecule has 1 rings (SSSR count). The van der Waals surface area contributed by atoms with E-state index in [1.54, 1.807) is 0 Å². The van der Waals surface area contributed by atoms with Crippen molar-refractivity contribution < 1.29 is 27.1 Å². The maximum atomic E-state index is 12.9. The summed E-state index contributed by atoms with van der Waals surface area (Å²) in [6.07, 6.45) is -4.88. The summed E-state index contributed by atoms with van der Waals surface area (Å²) in [5.41, 5.74) is -3.10. The molecular weight excluding hydrogens is 254 g/mol. The largest absolute Gasteiger partial charge is 0.467 e. The lowest BCUT2D eigenvalue weighted by Gasteiger charge is -2.30. The fourth-order valence-electron chi connectivity index (χ4n) is 1.30. The number of halogens is 4. The van der Waals surface area contributed by atoms with Crippen LogP contribution in [0.15, 0.2) is 24.3 Å². The van der Waals surface area contributed by atoms with Gasteiger partial charge in [0.15, 0.2) is 0 Å². The molecule has 1 aromatic rings. The standard InChI is InChI=1S/C11H11F4NO2/c1-10(9(17)18-2,11(13,14)15)16-8-5-3-4-7(12)6-8/h3-6,16H,1-2H3. The number of rotatable bonds is 3. The molecule has 0 heterocycles. The predicted molar refractivity (Wildman–Crippen MR) is 56.5 cm³/mol. The number of anilines is 1. The first-order valence-corrected chi connectivity index (χ1v) is 4.89. The molecule has 7 heteroatoms. The first kappa shape index (κ1) is 14.3. The van der Waals surface area contributed by atoms with Crippen molar-refractivity contribution in [2.45, 2.75) is 18.6 Å². The van der Waals surface area contributed by atoms with Crippen LogP contribution in [0.3, 0.4) is 0 Å². The number of benzene rings is 1. The van der Waals surface area contributed by atoms with Crippen LogP contribution in [0.4, 0.5) is 23.2 Å². The third-order valence-electron chi connectivity index (χ3n) is 2.38. The highest BCUT2D eigenvalue weighted by Crippen LogP contribution is 2.34. The molecule has 0 aliphatic rings. The van der Waals surface area contributed by atoms with E-state index in [1.165, 1.54) is 12.1 Å². The summed E-state index contributed by atoms with van der Waals surface area (Å²) in [4.78, 5) is 11.3. The molecule has 0 aromatic heterocycles. The van der Waals surface area contributed by atoms with Gasteiger partial charge in [-0.3, -0.25) is 0 Å². The quantitative estimate of drug-likeness (QED) is 0.674. The summed E-state index contributed by atoms with van der Waals surface area (Å²) in [6, 6.07) is 4.38. The Bertz CT molecular complexity index is 447. The maximum absolute atomic E-state index is 12.9. The summed E-state index contributed by atoms with van der Waals surface area (Å²) < 4.78 is 55.6. The van der Waals surface area contributed by atoms with Crippen LogP contribution in [0.25, 0.3) is 0 Å². The van der Waals surface area contributed by atoms with Gasteiger partial charge in [-0.05, 0) is 25.1 Å². The van der Waals surface area contributed by atoms with Crippen molar-refractivity contribution in [1.29, 1.82) is 0 Å². The van der Waals surface area contributed by atoms with Crippen LogP contribution in [-0.2, 0) is 9.53 Å². The number of ether oxygens (including phenoxy) is 1. The Balaban J connectivity index is 3.11. The van der Waals surface area contributed by atoms with Crippen molar-refractivity contribution in [1.82, 2.24) is 0 Å². The molecule has 0 radical (unpaired) electrons. The van der Waals surface area contributed by atoms with E-state index in [0.717, 1.165) is 19.2 Å². The SMILES string of the molecule is COC(=O)C(C)(Nc1cccc(F)c1)C(F)(F)F. The third-order valence-corrected chi connectivity index (χ3v) is 2.38. The lowest BCUT2D eigenvalue weighted by Crippen LogP contribution is -2.56. The van der Waals surface area contributed by atoms with Crippen molar-refractivity contribution in [3.05, 3.63) is 30.1 Å². The lowest BCUT2D eigenvalue weighted by molar-refractivity contribution is -0.195. The number of nitrogens with one attached hydrogen (secondary N) is 1. The molecule has 100 valence electrons. The van der Waals surface area contributed by atoms with Gasteiger partial charge in [0.2, 0.25) is 5.54 Å². The van der Waals surface area contributed by atoms with E-state index in [2.05, 4.69) is 4.74 Å². The van der Waals surface area contributed by atoms with Crippen LogP contribution in [-0.4, -0.2) is 24.8 Å². The Morgan fingerprint density at radius 3 is 2.39 bits per heavy atom. The molecule has 3 nitrogen and oxygen atoms in total. The van der Waals surface area contributed by atoms with Gasteiger partial charge in [0.1, 0.15) is 5.82 Å². The van der Waals surface area contributed by atoms with Crippen LogP contribution >= 0.6 is 0 Å². The van der Waals surface area contributed by atoms with Gasteiger partial charge in [0.05, 0.1) is 7.11 Å². The highest BCUT2D eigenvalue weighted by atomic mass is 19.4. The Morgan fingerprint density at radius 1 is 1.33 bits per heavy atom. The summed E-state index contributed by atoms with van der Waals surface area (Å²) in [6.45, 7) is 0.629. The second-order valence-electron chi connectivity index (χ2n) is 3.75. The third kappa shape index (κ3) is 2.72. The normalized spacial score (nSPS) is 14.8. The van der Waals surface area contributed by atoms with Crippen molar-refractivity contribution in [2.24, 2.45) is 0 Å². The minimum Gasteiger partial charge on any atom is -0.467 e. The van der Waals surface area contributed by atoms with Gasteiger partial charge < -0.3 is 10.1 Å². The van der Waals surface area contributed by atoms with Crippen LogP contribution < -0.4 is 5.32 Å². The molecule has 1 atom stereocenters. The smallest absolute Gasteiger partial charge is 0.422 e. The van der Waals surface area contributed by atoms with Gasteiger partial charge in [-0.25, -0.2) is 9.18 Å². The highest BCUT2D eigenvalue weighted by Gasteiger charge is 2.58. The zero-order valence-electron chi connectivity index (χ0n) is 9.64. The van der Waals surface area contributed by atoms with Gasteiger partial charge >= 0.3 is 12.1 Å². The van der Waals surface area contributed by atoms with E-state index < -0.39 is 23.5 Å². The van der Waals surface area contributed by atoms with Crippen molar-refractivity contribution in [2.75, 3.05) is 12.4 Å². The fourth-order valence-corrected chi connectivity index (χ4v) is 1.30. The summed E-state index contributed by atoms with van der Waals surface area (Å²) in [5.74, 6) is -2.21. The minimum absolute atomic E-state index is 0.166. The molecule has 0 aliphatic heterocycles. The van der Waals surface area contributed by atoms with Crippen LogP contribution in [0.1, 0.15) is 6.92 Å². The molecule has 1 aromatic carbocycles. The Hall–Kier alpha value is -1.79. The maximum Gasteiger partial charge on any atom is 0.422 e. The monoisotopic (exact) mass is 265 g/mol. The van der Waals surface area contributed by atoms with Gasteiger partial charge in [-0.2, -0.15) is 13.2 Å². The Morgan fingerprint density at radius 2 is 1.94 bits per heavy atom. The molecule has 0 saturated heterocycles. The number of hydrogen-bond donors (Lipinski definition) is 1. The van der Waals surface area contributed by atoms with Gasteiger partial charge in [0.25, 0.3) is 0 Å². The molecular formula is C11H11F4NO2. The molecule has 0 saturated carbocycles. The second kappa shape index (κ2) is 4.83. The summed E-state index contributed by atoms with van der Waals surface area (Å²) in [5, 5.41) is 1.95. The lowest BCUT2D eigenvalue weighted by atomic mass is 10.0. The average molecular weight is 265 g/mol. The molecule has 18 heavy (non-hydrogen) atoms. The first-order chi connectivity index (χ1) is 8.20. The molecule has 1 N–H and O–H groups in total. The first-order valence-electron chi connectivity index (χ1n) is 4.89. The van der Waals surface area contributed by atoms with Crippen LogP contribution in [0.5, 0.6) is 0 Å². The second-order valence-corrected chi connectivity index (χ2v) is 3.75.